The molecule has 1 aromatic carbocycles. The fraction of sp³-hybridized carbons (Fsp3) is 0.400. The van der Waals surface area contributed by atoms with Gasteiger partial charge in [0.25, 0.3) is 0 Å². The first-order chi connectivity index (χ1) is 13.3. The molecule has 0 atom stereocenters. The van der Waals surface area contributed by atoms with Crippen molar-refractivity contribution < 1.29 is 9.53 Å². The van der Waals surface area contributed by atoms with Gasteiger partial charge < -0.3 is 9.64 Å². The second kappa shape index (κ2) is 9.19. The molecule has 4 rings (SSSR count). The SMILES string of the molecule is O=C(CSc1nc2ccccc2s1)N(CCc1cccs1)C1CCOCC1. The number of ether oxygens (including phenoxy) is 1. The molecule has 27 heavy (non-hydrogen) atoms. The van der Waals surface area contributed by atoms with Crippen molar-refractivity contribution in [1.29, 1.82) is 0 Å². The maximum atomic E-state index is 13.0. The molecule has 1 saturated heterocycles. The van der Waals surface area contributed by atoms with Crippen LogP contribution in [-0.2, 0) is 16.0 Å². The first kappa shape index (κ1) is 18.9. The molecule has 7 heteroatoms. The van der Waals surface area contributed by atoms with Crippen molar-refractivity contribution in [3.63, 3.8) is 0 Å². The van der Waals surface area contributed by atoms with Crippen molar-refractivity contribution in [2.45, 2.75) is 29.6 Å². The molecule has 1 aliphatic heterocycles. The van der Waals surface area contributed by atoms with Crippen LogP contribution in [0.2, 0.25) is 0 Å². The number of benzene rings is 1. The van der Waals surface area contributed by atoms with Gasteiger partial charge in [0.15, 0.2) is 4.34 Å². The number of thiazole rings is 1. The van der Waals surface area contributed by atoms with Gasteiger partial charge in [-0.25, -0.2) is 4.98 Å². The lowest BCUT2D eigenvalue weighted by Gasteiger charge is -2.34. The van der Waals surface area contributed by atoms with Gasteiger partial charge in [-0.2, -0.15) is 0 Å². The van der Waals surface area contributed by atoms with Crippen molar-refractivity contribution in [3.8, 4) is 0 Å². The summed E-state index contributed by atoms with van der Waals surface area (Å²) in [4.78, 5) is 21.1. The molecule has 0 saturated carbocycles. The number of hydrogen-bond donors (Lipinski definition) is 0. The van der Waals surface area contributed by atoms with Gasteiger partial charge in [0.2, 0.25) is 5.91 Å². The van der Waals surface area contributed by atoms with Crippen molar-refractivity contribution >= 4 is 50.6 Å². The standard InChI is InChI=1S/C20H22N2O2S3/c23-19(14-26-20-21-17-5-1-2-6-18(17)27-20)22(15-8-11-24-12-9-15)10-7-16-4-3-13-25-16/h1-6,13,15H,7-12,14H2. The van der Waals surface area contributed by atoms with Crippen molar-refractivity contribution in [2.75, 3.05) is 25.5 Å². The molecule has 0 radical (unpaired) electrons. The fourth-order valence-corrected chi connectivity index (χ4v) is 5.97. The summed E-state index contributed by atoms with van der Waals surface area (Å²) >= 11 is 4.98. The van der Waals surface area contributed by atoms with Crippen molar-refractivity contribution in [1.82, 2.24) is 9.88 Å². The van der Waals surface area contributed by atoms with Crippen LogP contribution in [0.15, 0.2) is 46.1 Å². The second-order valence-corrected chi connectivity index (χ2v) is 9.78. The number of nitrogens with zero attached hydrogens (tertiary/aromatic N) is 2. The Morgan fingerprint density at radius 1 is 1.22 bits per heavy atom. The van der Waals surface area contributed by atoms with E-state index in [1.54, 1.807) is 34.4 Å². The molecule has 1 aliphatic rings. The third-order valence-electron chi connectivity index (χ3n) is 4.72. The molecule has 4 nitrogen and oxygen atoms in total. The molecule has 2 aromatic heterocycles. The van der Waals surface area contributed by atoms with Gasteiger partial charge in [0.1, 0.15) is 0 Å². The molecular weight excluding hydrogens is 396 g/mol. The average Bonchev–Trinajstić information content (AvgIpc) is 3.36. The van der Waals surface area contributed by atoms with Crippen LogP contribution >= 0.6 is 34.4 Å². The molecule has 0 N–H and O–H groups in total. The maximum absolute atomic E-state index is 13.0. The zero-order valence-electron chi connectivity index (χ0n) is 15.0. The number of hydrogen-bond acceptors (Lipinski definition) is 6. The summed E-state index contributed by atoms with van der Waals surface area (Å²) in [7, 11) is 0. The quantitative estimate of drug-likeness (QED) is 0.522. The largest absolute Gasteiger partial charge is 0.381 e. The molecule has 3 aromatic rings. The molecule has 0 aliphatic carbocycles. The predicted molar refractivity (Wildman–Crippen MR) is 114 cm³/mol. The molecule has 1 fully saturated rings. The molecule has 0 bridgehead atoms. The van der Waals surface area contributed by atoms with Crippen molar-refractivity contribution in [2.24, 2.45) is 0 Å². The summed E-state index contributed by atoms with van der Waals surface area (Å²) < 4.78 is 7.63. The highest BCUT2D eigenvalue weighted by molar-refractivity contribution is 8.01. The van der Waals surface area contributed by atoms with E-state index in [0.717, 1.165) is 48.9 Å². The van der Waals surface area contributed by atoms with Gasteiger partial charge >= 0.3 is 0 Å². The Labute approximate surface area is 171 Å². The monoisotopic (exact) mass is 418 g/mol. The Morgan fingerprint density at radius 3 is 2.85 bits per heavy atom. The van der Waals surface area contributed by atoms with E-state index < -0.39 is 0 Å². The zero-order valence-corrected chi connectivity index (χ0v) is 17.5. The lowest BCUT2D eigenvalue weighted by molar-refractivity contribution is -0.132. The highest BCUT2D eigenvalue weighted by Crippen LogP contribution is 2.30. The number of carbonyl (C=O) groups is 1. The van der Waals surface area contributed by atoms with E-state index in [0.29, 0.717) is 11.8 Å². The van der Waals surface area contributed by atoms with Crippen LogP contribution in [0.4, 0.5) is 0 Å². The highest BCUT2D eigenvalue weighted by atomic mass is 32.2. The number of thioether (sulfide) groups is 1. The van der Waals surface area contributed by atoms with Gasteiger partial charge in [-0.3, -0.25) is 4.79 Å². The Kier molecular flexibility index (Phi) is 6.44. The third-order valence-corrected chi connectivity index (χ3v) is 7.82. The van der Waals surface area contributed by atoms with Gasteiger partial charge in [-0.1, -0.05) is 30.0 Å². The molecule has 0 spiro atoms. The topological polar surface area (TPSA) is 42.4 Å². The lowest BCUT2D eigenvalue weighted by atomic mass is 10.1. The Bertz CT molecular complexity index is 839. The number of rotatable bonds is 7. The van der Waals surface area contributed by atoms with Gasteiger partial charge in [-0.15, -0.1) is 22.7 Å². The van der Waals surface area contributed by atoms with Gasteiger partial charge in [0, 0.05) is 30.7 Å². The van der Waals surface area contributed by atoms with Crippen LogP contribution in [0.3, 0.4) is 0 Å². The Balaban J connectivity index is 1.40. The minimum absolute atomic E-state index is 0.211. The minimum Gasteiger partial charge on any atom is -0.381 e. The fourth-order valence-electron chi connectivity index (χ4n) is 3.31. The zero-order chi connectivity index (χ0) is 18.5. The average molecular weight is 419 g/mol. The third kappa shape index (κ3) is 4.90. The van der Waals surface area contributed by atoms with Crippen LogP contribution in [0.1, 0.15) is 17.7 Å². The van der Waals surface area contributed by atoms with Crippen molar-refractivity contribution in [3.05, 3.63) is 46.7 Å². The number of amides is 1. The van der Waals surface area contributed by atoms with Crippen LogP contribution in [0.25, 0.3) is 10.2 Å². The van der Waals surface area contributed by atoms with E-state index in [4.69, 9.17) is 4.74 Å². The predicted octanol–water partition coefficient (Wildman–Crippen LogP) is 4.70. The second-order valence-electron chi connectivity index (χ2n) is 6.50. The lowest BCUT2D eigenvalue weighted by Crippen LogP contribution is -2.45. The summed E-state index contributed by atoms with van der Waals surface area (Å²) in [5, 5.41) is 2.10. The molecule has 0 unspecified atom stereocenters. The Morgan fingerprint density at radius 2 is 2.07 bits per heavy atom. The smallest absolute Gasteiger partial charge is 0.233 e. The Hall–Kier alpha value is -1.41. The number of carbonyl (C=O) groups excluding carboxylic acids is 1. The summed E-state index contributed by atoms with van der Waals surface area (Å²) in [6.07, 6.45) is 2.79. The number of thiophene rings is 1. The summed E-state index contributed by atoms with van der Waals surface area (Å²) in [6.45, 7) is 2.28. The summed E-state index contributed by atoms with van der Waals surface area (Å²) in [6, 6.07) is 12.6. The minimum atomic E-state index is 0.211. The van der Waals surface area contributed by atoms with E-state index in [1.807, 2.05) is 18.2 Å². The summed E-state index contributed by atoms with van der Waals surface area (Å²) in [5.74, 6) is 0.657. The highest BCUT2D eigenvalue weighted by Gasteiger charge is 2.26. The number of aromatic nitrogens is 1. The van der Waals surface area contributed by atoms with E-state index in [1.165, 1.54) is 9.58 Å². The molecule has 3 heterocycles. The number of fused-ring (bicyclic) bond motifs is 1. The van der Waals surface area contributed by atoms with E-state index in [9.17, 15) is 4.79 Å². The van der Waals surface area contributed by atoms with Gasteiger partial charge in [-0.05, 0) is 42.8 Å². The molecule has 1 amide bonds. The van der Waals surface area contributed by atoms with E-state index >= 15 is 0 Å². The van der Waals surface area contributed by atoms with Crippen LogP contribution in [0, 0.1) is 0 Å². The normalized spacial score (nSPS) is 15.3. The van der Waals surface area contributed by atoms with Crippen LogP contribution in [-0.4, -0.2) is 47.3 Å². The van der Waals surface area contributed by atoms with E-state index in [2.05, 4.69) is 33.5 Å². The summed E-state index contributed by atoms with van der Waals surface area (Å²) in [5.41, 5.74) is 1.01. The first-order valence-corrected chi connectivity index (χ1v) is 11.9. The maximum Gasteiger partial charge on any atom is 0.233 e. The molecule has 142 valence electrons. The first-order valence-electron chi connectivity index (χ1n) is 9.17. The van der Waals surface area contributed by atoms with Crippen LogP contribution < -0.4 is 0 Å². The molecular formula is C20H22N2O2S3. The van der Waals surface area contributed by atoms with Crippen LogP contribution in [0.5, 0.6) is 0 Å². The van der Waals surface area contributed by atoms with E-state index in [-0.39, 0.29) is 5.91 Å². The van der Waals surface area contributed by atoms with Gasteiger partial charge in [0.05, 0.1) is 16.0 Å². The number of para-hydroxylation sites is 1.